The van der Waals surface area contributed by atoms with E-state index in [1.165, 1.54) is 70.6 Å². The lowest BCUT2D eigenvalue weighted by atomic mass is 9.86. The van der Waals surface area contributed by atoms with Crippen LogP contribution in [0, 0.1) is 0 Å². The smallest absolute Gasteiger partial charge is 0.0698 e. The van der Waals surface area contributed by atoms with Gasteiger partial charge in [0, 0.05) is 25.2 Å². The van der Waals surface area contributed by atoms with Crippen molar-refractivity contribution in [3.8, 4) is 0 Å². The fourth-order valence-corrected chi connectivity index (χ4v) is 4.54. The first-order valence-corrected chi connectivity index (χ1v) is 9.08. The number of ether oxygens (including phenoxy) is 1. The van der Waals surface area contributed by atoms with Crippen molar-refractivity contribution >= 4 is 0 Å². The Hall–Kier alpha value is -0.0800. The Kier molecular flexibility index (Phi) is 6.83. The van der Waals surface area contributed by atoms with E-state index in [-0.39, 0.29) is 0 Å². The highest BCUT2D eigenvalue weighted by molar-refractivity contribution is 4.90. The van der Waals surface area contributed by atoms with Gasteiger partial charge >= 0.3 is 0 Å². The minimum Gasteiger partial charge on any atom is -0.380 e. The van der Waals surface area contributed by atoms with E-state index in [1.54, 1.807) is 0 Å². The van der Waals surface area contributed by atoms with E-state index >= 15 is 0 Å². The Labute approximate surface area is 126 Å². The van der Waals surface area contributed by atoms with Crippen LogP contribution in [0.15, 0.2) is 0 Å². The van der Waals surface area contributed by atoms with E-state index in [9.17, 15) is 0 Å². The number of hydrogen-bond donors (Lipinski definition) is 0. The van der Waals surface area contributed by atoms with Gasteiger partial charge in [-0.05, 0) is 39.0 Å². The molecule has 0 spiro atoms. The molecular weight excluding hydrogens is 246 g/mol. The highest BCUT2D eigenvalue weighted by Gasteiger charge is 2.35. The van der Waals surface area contributed by atoms with Crippen molar-refractivity contribution in [2.24, 2.45) is 0 Å². The molecule has 2 nitrogen and oxygen atoms in total. The molecule has 2 aliphatic carbocycles. The van der Waals surface area contributed by atoms with Crippen LogP contribution < -0.4 is 0 Å². The normalized spacial score (nSPS) is 25.8. The van der Waals surface area contributed by atoms with Gasteiger partial charge in [0.05, 0.1) is 6.10 Å². The molecule has 0 heterocycles. The van der Waals surface area contributed by atoms with Crippen LogP contribution in [-0.2, 0) is 4.74 Å². The molecule has 0 amide bonds. The third kappa shape index (κ3) is 3.98. The molecular formula is C18H35NO. The second kappa shape index (κ2) is 8.38. The van der Waals surface area contributed by atoms with E-state index in [2.05, 4.69) is 18.7 Å². The van der Waals surface area contributed by atoms with E-state index in [4.69, 9.17) is 4.74 Å². The number of methoxy groups -OCH3 is 1. The summed E-state index contributed by atoms with van der Waals surface area (Å²) in [6.45, 7) is 4.62. The summed E-state index contributed by atoms with van der Waals surface area (Å²) in [5.41, 5.74) is 0. The minimum absolute atomic E-state index is 0.365. The number of rotatable bonds is 6. The first-order valence-electron chi connectivity index (χ1n) is 9.08. The van der Waals surface area contributed by atoms with Gasteiger partial charge in [-0.1, -0.05) is 45.4 Å². The van der Waals surface area contributed by atoms with Crippen molar-refractivity contribution in [2.75, 3.05) is 7.11 Å². The Morgan fingerprint density at radius 2 is 1.35 bits per heavy atom. The molecule has 2 saturated carbocycles. The summed E-state index contributed by atoms with van der Waals surface area (Å²) < 4.78 is 5.72. The first kappa shape index (κ1) is 16.3. The van der Waals surface area contributed by atoms with Gasteiger partial charge in [0.25, 0.3) is 0 Å². The topological polar surface area (TPSA) is 12.5 Å². The molecule has 0 aromatic heterocycles. The van der Waals surface area contributed by atoms with Crippen LogP contribution in [0.5, 0.6) is 0 Å². The lowest BCUT2D eigenvalue weighted by molar-refractivity contribution is -0.0356. The summed E-state index contributed by atoms with van der Waals surface area (Å²) in [7, 11) is 1.88. The van der Waals surface area contributed by atoms with Crippen molar-refractivity contribution in [3.63, 3.8) is 0 Å². The largest absolute Gasteiger partial charge is 0.380 e. The van der Waals surface area contributed by atoms with Crippen LogP contribution in [0.4, 0.5) is 0 Å². The van der Waals surface area contributed by atoms with Gasteiger partial charge < -0.3 is 4.74 Å². The maximum Gasteiger partial charge on any atom is 0.0698 e. The van der Waals surface area contributed by atoms with Gasteiger partial charge in [-0.25, -0.2) is 0 Å². The molecule has 2 unspecified atom stereocenters. The van der Waals surface area contributed by atoms with Crippen molar-refractivity contribution in [2.45, 2.75) is 109 Å². The third-order valence-corrected chi connectivity index (χ3v) is 5.71. The molecule has 2 atom stereocenters. The molecule has 118 valence electrons. The van der Waals surface area contributed by atoms with E-state index in [0.717, 1.165) is 12.1 Å². The average molecular weight is 281 g/mol. The summed E-state index contributed by atoms with van der Waals surface area (Å²) in [4.78, 5) is 2.92. The predicted molar refractivity (Wildman–Crippen MR) is 86.1 cm³/mol. The van der Waals surface area contributed by atoms with Crippen LogP contribution in [-0.4, -0.2) is 36.2 Å². The van der Waals surface area contributed by atoms with Gasteiger partial charge in [0.2, 0.25) is 0 Å². The van der Waals surface area contributed by atoms with Crippen LogP contribution in [0.1, 0.15) is 84.5 Å². The summed E-state index contributed by atoms with van der Waals surface area (Å²) >= 11 is 0. The number of nitrogens with zero attached hydrogens (tertiary/aromatic N) is 1. The molecule has 0 aromatic rings. The van der Waals surface area contributed by atoms with Gasteiger partial charge in [0.1, 0.15) is 0 Å². The van der Waals surface area contributed by atoms with Gasteiger partial charge in [0.15, 0.2) is 0 Å². The second-order valence-electron chi connectivity index (χ2n) is 6.95. The molecule has 2 fully saturated rings. The van der Waals surface area contributed by atoms with Gasteiger partial charge in [-0.15, -0.1) is 0 Å². The molecule has 0 aromatic carbocycles. The second-order valence-corrected chi connectivity index (χ2v) is 6.95. The van der Waals surface area contributed by atoms with E-state index < -0.39 is 0 Å². The zero-order chi connectivity index (χ0) is 14.4. The average Bonchev–Trinajstić information content (AvgIpc) is 2.53. The quantitative estimate of drug-likeness (QED) is 0.695. The summed E-state index contributed by atoms with van der Waals surface area (Å²) in [5.74, 6) is 0. The lowest BCUT2D eigenvalue weighted by Gasteiger charge is -2.47. The molecule has 0 saturated heterocycles. The molecule has 0 N–H and O–H groups in total. The van der Waals surface area contributed by atoms with Crippen LogP contribution >= 0.6 is 0 Å². The lowest BCUT2D eigenvalue weighted by Crippen LogP contribution is -2.54. The van der Waals surface area contributed by atoms with Crippen LogP contribution in [0.2, 0.25) is 0 Å². The van der Waals surface area contributed by atoms with E-state index in [0.29, 0.717) is 12.1 Å². The van der Waals surface area contributed by atoms with Crippen LogP contribution in [0.25, 0.3) is 0 Å². The molecule has 2 heteroatoms. The standard InChI is InChI=1S/C18H35NO/c1-4-18(15(2)20-3)19(16-11-7-5-8-12-16)17-13-9-6-10-14-17/h15-18H,4-14H2,1-3H3. The maximum atomic E-state index is 5.72. The summed E-state index contributed by atoms with van der Waals surface area (Å²) in [6.07, 6.45) is 15.9. The molecule has 0 aliphatic heterocycles. The molecule has 20 heavy (non-hydrogen) atoms. The number of hydrogen-bond acceptors (Lipinski definition) is 2. The monoisotopic (exact) mass is 281 g/mol. The zero-order valence-electron chi connectivity index (χ0n) is 13.9. The minimum atomic E-state index is 0.365. The molecule has 0 radical (unpaired) electrons. The molecule has 0 bridgehead atoms. The zero-order valence-corrected chi connectivity index (χ0v) is 13.9. The van der Waals surface area contributed by atoms with Gasteiger partial charge in [-0.2, -0.15) is 0 Å². The Morgan fingerprint density at radius 3 is 1.70 bits per heavy atom. The highest BCUT2D eigenvalue weighted by Crippen LogP contribution is 2.33. The third-order valence-electron chi connectivity index (χ3n) is 5.71. The SMILES string of the molecule is CCC(C(C)OC)N(C1CCCCC1)C1CCCCC1. The van der Waals surface area contributed by atoms with Crippen molar-refractivity contribution in [3.05, 3.63) is 0 Å². The summed E-state index contributed by atoms with van der Waals surface area (Å²) in [6, 6.07) is 2.27. The fourth-order valence-electron chi connectivity index (χ4n) is 4.54. The fraction of sp³-hybridized carbons (Fsp3) is 1.00. The summed E-state index contributed by atoms with van der Waals surface area (Å²) in [5, 5.41) is 0. The predicted octanol–water partition coefficient (Wildman–Crippen LogP) is 4.77. The Bertz CT molecular complexity index is 238. The Balaban J connectivity index is 2.12. The highest BCUT2D eigenvalue weighted by atomic mass is 16.5. The first-order chi connectivity index (χ1) is 9.77. The Morgan fingerprint density at radius 1 is 0.900 bits per heavy atom. The molecule has 2 rings (SSSR count). The maximum absolute atomic E-state index is 5.72. The van der Waals surface area contributed by atoms with Crippen LogP contribution in [0.3, 0.4) is 0 Å². The van der Waals surface area contributed by atoms with E-state index in [1.807, 2.05) is 7.11 Å². The van der Waals surface area contributed by atoms with Crippen molar-refractivity contribution in [1.29, 1.82) is 0 Å². The van der Waals surface area contributed by atoms with Gasteiger partial charge in [-0.3, -0.25) is 4.90 Å². The van der Waals surface area contributed by atoms with Crippen molar-refractivity contribution < 1.29 is 4.74 Å². The molecule has 2 aliphatic rings. The van der Waals surface area contributed by atoms with Crippen molar-refractivity contribution in [1.82, 2.24) is 4.90 Å².